The van der Waals surface area contributed by atoms with E-state index in [9.17, 15) is 19.2 Å². The molecule has 2 N–H and O–H groups in total. The monoisotopic (exact) mass is 405 g/mol. The van der Waals surface area contributed by atoms with E-state index in [1.54, 1.807) is 18.3 Å². The Kier molecular flexibility index (Phi) is 4.23. The van der Waals surface area contributed by atoms with E-state index in [4.69, 9.17) is 0 Å². The zero-order chi connectivity index (χ0) is 20.8. The van der Waals surface area contributed by atoms with Crippen molar-refractivity contribution in [3.63, 3.8) is 0 Å². The van der Waals surface area contributed by atoms with Gasteiger partial charge in [0.25, 0.3) is 11.8 Å². The summed E-state index contributed by atoms with van der Waals surface area (Å²) in [7, 11) is 0. The third kappa shape index (κ3) is 2.81. The van der Waals surface area contributed by atoms with Crippen LogP contribution in [0.4, 0.5) is 11.5 Å². The lowest BCUT2D eigenvalue weighted by Gasteiger charge is -2.31. The molecule has 3 aliphatic rings. The van der Waals surface area contributed by atoms with E-state index in [0.29, 0.717) is 29.8 Å². The average Bonchev–Trinajstić information content (AvgIpc) is 3.00. The highest BCUT2D eigenvalue weighted by Gasteiger charge is 2.45. The van der Waals surface area contributed by atoms with Crippen molar-refractivity contribution < 1.29 is 19.2 Å². The minimum Gasteiger partial charge on any atom is -0.380 e. The fourth-order valence-corrected chi connectivity index (χ4v) is 4.29. The smallest absolute Gasteiger partial charge is 0.262 e. The van der Waals surface area contributed by atoms with Crippen LogP contribution >= 0.6 is 0 Å². The molecule has 1 atom stereocenters. The molecule has 152 valence electrons. The molecule has 0 saturated carbocycles. The number of imide groups is 2. The molecule has 1 unspecified atom stereocenters. The number of hydrogen-bond donors (Lipinski definition) is 2. The van der Waals surface area contributed by atoms with Gasteiger partial charge in [0.15, 0.2) is 5.82 Å². The van der Waals surface area contributed by atoms with Crippen molar-refractivity contribution in [2.45, 2.75) is 25.4 Å². The van der Waals surface area contributed by atoms with Gasteiger partial charge in [-0.2, -0.15) is 0 Å². The van der Waals surface area contributed by atoms with Crippen molar-refractivity contribution in [1.82, 2.24) is 15.2 Å². The summed E-state index contributed by atoms with van der Waals surface area (Å²) in [6.45, 7) is 1.85. The van der Waals surface area contributed by atoms with Crippen molar-refractivity contribution >= 4 is 35.1 Å². The number of carbonyl (C=O) groups excluding carboxylic acids is 4. The molecule has 1 fully saturated rings. The number of hydrogen-bond acceptors (Lipinski definition) is 7. The van der Waals surface area contributed by atoms with Crippen LogP contribution < -0.4 is 15.5 Å². The summed E-state index contributed by atoms with van der Waals surface area (Å²) < 4.78 is 0. The number of rotatable bonds is 3. The van der Waals surface area contributed by atoms with E-state index >= 15 is 0 Å². The predicted molar refractivity (Wildman–Crippen MR) is 107 cm³/mol. The molecular formula is C21H19N5O4. The number of nitrogens with one attached hydrogen (secondary N) is 2. The van der Waals surface area contributed by atoms with E-state index in [0.717, 1.165) is 22.9 Å². The summed E-state index contributed by atoms with van der Waals surface area (Å²) in [5.74, 6) is -1.19. The van der Waals surface area contributed by atoms with Gasteiger partial charge >= 0.3 is 0 Å². The molecule has 4 amide bonds. The average molecular weight is 405 g/mol. The van der Waals surface area contributed by atoms with Gasteiger partial charge in [-0.25, -0.2) is 4.98 Å². The fourth-order valence-electron chi connectivity index (χ4n) is 4.29. The van der Waals surface area contributed by atoms with Gasteiger partial charge in [0.1, 0.15) is 6.04 Å². The van der Waals surface area contributed by atoms with Gasteiger partial charge in [0.05, 0.1) is 16.8 Å². The van der Waals surface area contributed by atoms with Crippen LogP contribution in [-0.4, -0.2) is 52.6 Å². The number of anilines is 2. The van der Waals surface area contributed by atoms with Crippen LogP contribution in [0.3, 0.4) is 0 Å². The van der Waals surface area contributed by atoms with Crippen molar-refractivity contribution in [1.29, 1.82) is 0 Å². The van der Waals surface area contributed by atoms with Crippen LogP contribution in [0, 0.1) is 0 Å². The Morgan fingerprint density at radius 3 is 2.77 bits per heavy atom. The molecule has 2 aromatic rings. The summed E-state index contributed by atoms with van der Waals surface area (Å²) in [6, 6.07) is 8.01. The number of carbonyl (C=O) groups is 4. The second kappa shape index (κ2) is 6.94. The van der Waals surface area contributed by atoms with Gasteiger partial charge in [0.2, 0.25) is 11.8 Å². The molecule has 1 saturated heterocycles. The molecule has 9 nitrogen and oxygen atoms in total. The first-order valence-corrected chi connectivity index (χ1v) is 9.82. The second-order valence-electron chi connectivity index (χ2n) is 7.51. The number of fused-ring (bicyclic) bond motifs is 2. The van der Waals surface area contributed by atoms with Gasteiger partial charge in [-0.3, -0.25) is 29.4 Å². The molecule has 0 bridgehead atoms. The maximum atomic E-state index is 13.2. The Balaban J connectivity index is 1.47. The van der Waals surface area contributed by atoms with Crippen molar-refractivity contribution in [2.75, 3.05) is 23.3 Å². The van der Waals surface area contributed by atoms with Crippen LogP contribution in [0.15, 0.2) is 36.5 Å². The van der Waals surface area contributed by atoms with Crippen LogP contribution in [0.1, 0.15) is 39.1 Å². The standard InChI is InChI=1S/C21H19N5O4/c27-16-7-6-15(19(28)24-16)26-20(29)13-4-1-3-12(17(13)21(26)30)11-25-10-9-22-14-5-2-8-23-18(14)25/h1-5,8,15,22H,6-7,9-11H2,(H,24,27,28). The van der Waals surface area contributed by atoms with E-state index in [1.807, 2.05) is 18.2 Å². The fraction of sp³-hybridized carbons (Fsp3) is 0.286. The maximum absolute atomic E-state index is 13.2. The van der Waals surface area contributed by atoms with Crippen molar-refractivity contribution in [3.8, 4) is 0 Å². The number of pyridine rings is 1. The summed E-state index contributed by atoms with van der Waals surface area (Å²) in [5, 5.41) is 5.52. The summed E-state index contributed by atoms with van der Waals surface area (Å²) >= 11 is 0. The van der Waals surface area contributed by atoms with Crippen LogP contribution in [0.25, 0.3) is 0 Å². The predicted octanol–water partition coefficient (Wildman–Crippen LogP) is 0.915. The largest absolute Gasteiger partial charge is 0.380 e. The number of aromatic nitrogens is 1. The minimum absolute atomic E-state index is 0.0971. The Bertz CT molecular complexity index is 1100. The van der Waals surface area contributed by atoms with Crippen molar-refractivity contribution in [2.24, 2.45) is 0 Å². The molecule has 1 aromatic carbocycles. The molecular weight excluding hydrogens is 386 g/mol. The van der Waals surface area contributed by atoms with Gasteiger partial charge in [-0.15, -0.1) is 0 Å². The third-order valence-electron chi connectivity index (χ3n) is 5.70. The first-order chi connectivity index (χ1) is 14.5. The van der Waals surface area contributed by atoms with Crippen LogP contribution in [-0.2, 0) is 16.1 Å². The Morgan fingerprint density at radius 1 is 1.07 bits per heavy atom. The molecule has 5 rings (SSSR count). The number of piperidine rings is 1. The highest BCUT2D eigenvalue weighted by molar-refractivity contribution is 6.24. The molecule has 30 heavy (non-hydrogen) atoms. The zero-order valence-electron chi connectivity index (χ0n) is 16.1. The number of amides is 4. The highest BCUT2D eigenvalue weighted by atomic mass is 16.2. The number of nitrogens with zero attached hydrogens (tertiary/aromatic N) is 3. The first-order valence-electron chi connectivity index (χ1n) is 9.82. The topological polar surface area (TPSA) is 112 Å². The highest BCUT2D eigenvalue weighted by Crippen LogP contribution is 2.32. The first kappa shape index (κ1) is 18.3. The lowest BCUT2D eigenvalue weighted by Crippen LogP contribution is -2.54. The van der Waals surface area contributed by atoms with Gasteiger partial charge in [-0.05, 0) is 30.2 Å². The maximum Gasteiger partial charge on any atom is 0.262 e. The molecule has 3 aliphatic heterocycles. The molecule has 0 aliphatic carbocycles. The van der Waals surface area contributed by atoms with Gasteiger partial charge in [-0.1, -0.05) is 12.1 Å². The third-order valence-corrected chi connectivity index (χ3v) is 5.70. The Hall–Kier alpha value is -3.75. The Morgan fingerprint density at radius 2 is 1.93 bits per heavy atom. The zero-order valence-corrected chi connectivity index (χ0v) is 16.1. The van der Waals surface area contributed by atoms with E-state index in [2.05, 4.69) is 20.5 Å². The quantitative estimate of drug-likeness (QED) is 0.730. The van der Waals surface area contributed by atoms with Crippen LogP contribution in [0.2, 0.25) is 0 Å². The molecule has 0 spiro atoms. The summed E-state index contributed by atoms with van der Waals surface area (Å²) in [5.41, 5.74) is 2.24. The van der Waals surface area contributed by atoms with Crippen LogP contribution in [0.5, 0.6) is 0 Å². The van der Waals surface area contributed by atoms with Crippen molar-refractivity contribution in [3.05, 3.63) is 53.2 Å². The number of benzene rings is 1. The minimum atomic E-state index is -0.968. The van der Waals surface area contributed by atoms with E-state index < -0.39 is 29.7 Å². The van der Waals surface area contributed by atoms with Gasteiger partial charge in [0, 0.05) is 32.3 Å². The summed E-state index contributed by atoms with van der Waals surface area (Å²) in [4.78, 5) is 57.5. The normalized spacial score (nSPS) is 20.6. The second-order valence-corrected chi connectivity index (χ2v) is 7.51. The molecule has 1 aromatic heterocycles. The molecule has 0 radical (unpaired) electrons. The van der Waals surface area contributed by atoms with E-state index in [1.165, 1.54) is 0 Å². The lowest BCUT2D eigenvalue weighted by molar-refractivity contribution is -0.136. The van der Waals surface area contributed by atoms with E-state index in [-0.39, 0.29) is 12.8 Å². The molecule has 4 heterocycles. The Labute approximate surface area is 172 Å². The molecule has 9 heteroatoms. The summed E-state index contributed by atoms with van der Waals surface area (Å²) in [6.07, 6.45) is 1.95. The lowest BCUT2D eigenvalue weighted by atomic mass is 10.0. The SMILES string of the molecule is O=C1CCC(N2C(=O)c3cccc(CN4CCNc5cccnc54)c3C2=O)C(=O)N1. The van der Waals surface area contributed by atoms with Gasteiger partial charge < -0.3 is 10.2 Å².